The van der Waals surface area contributed by atoms with E-state index in [2.05, 4.69) is 5.32 Å². The predicted octanol–water partition coefficient (Wildman–Crippen LogP) is 0.985. The number of ether oxygens (including phenoxy) is 2. The summed E-state index contributed by atoms with van der Waals surface area (Å²) in [5.74, 6) is 0. The molecule has 0 bridgehead atoms. The third-order valence-electron chi connectivity index (χ3n) is 2.71. The Morgan fingerprint density at radius 2 is 2.19 bits per heavy atom. The van der Waals surface area contributed by atoms with E-state index in [1.807, 2.05) is 31.3 Å². The molecule has 4 heteroatoms. The van der Waals surface area contributed by atoms with E-state index in [0.717, 1.165) is 11.1 Å². The van der Waals surface area contributed by atoms with Gasteiger partial charge in [-0.1, -0.05) is 24.3 Å². The van der Waals surface area contributed by atoms with Gasteiger partial charge >= 0.3 is 0 Å². The number of aliphatic hydroxyl groups is 1. The van der Waals surface area contributed by atoms with E-state index in [1.54, 1.807) is 0 Å². The molecule has 2 unspecified atom stereocenters. The van der Waals surface area contributed by atoms with Gasteiger partial charge in [-0.3, -0.25) is 0 Å². The van der Waals surface area contributed by atoms with E-state index in [1.165, 1.54) is 0 Å². The van der Waals surface area contributed by atoms with Crippen LogP contribution >= 0.6 is 0 Å². The van der Waals surface area contributed by atoms with Gasteiger partial charge in [-0.15, -0.1) is 0 Å². The van der Waals surface area contributed by atoms with Crippen LogP contribution in [-0.2, 0) is 9.47 Å². The van der Waals surface area contributed by atoms with Crippen molar-refractivity contribution in [2.24, 2.45) is 0 Å². The number of likely N-dealkylation sites (N-methyl/N-ethyl adjacent to an activating group) is 1. The van der Waals surface area contributed by atoms with Gasteiger partial charge in [0.2, 0.25) is 0 Å². The highest BCUT2D eigenvalue weighted by Crippen LogP contribution is 2.23. The van der Waals surface area contributed by atoms with Crippen molar-refractivity contribution in [1.82, 2.24) is 5.32 Å². The summed E-state index contributed by atoms with van der Waals surface area (Å²) < 4.78 is 10.5. The fraction of sp³-hybridized carbons (Fsp3) is 0.500. The highest BCUT2D eigenvalue weighted by atomic mass is 16.7. The molecular weight excluding hydrogens is 206 g/mol. The van der Waals surface area contributed by atoms with Crippen LogP contribution in [0, 0.1) is 0 Å². The first-order valence-electron chi connectivity index (χ1n) is 5.43. The largest absolute Gasteiger partial charge is 0.387 e. The van der Waals surface area contributed by atoms with Crippen LogP contribution < -0.4 is 5.32 Å². The van der Waals surface area contributed by atoms with E-state index in [-0.39, 0.29) is 6.10 Å². The standard InChI is InChI=1S/C12H17NO3/c1-13-6-11(14)9-2-4-10(5-3-9)12-7-15-8-16-12/h2-5,11-14H,6-8H2,1H3. The van der Waals surface area contributed by atoms with Crippen LogP contribution in [0.4, 0.5) is 0 Å². The van der Waals surface area contributed by atoms with Crippen LogP contribution in [0.2, 0.25) is 0 Å². The van der Waals surface area contributed by atoms with Gasteiger partial charge in [-0.05, 0) is 18.2 Å². The molecule has 1 heterocycles. The molecule has 0 saturated carbocycles. The van der Waals surface area contributed by atoms with Crippen LogP contribution in [0.1, 0.15) is 23.3 Å². The molecule has 2 atom stereocenters. The molecule has 0 radical (unpaired) electrons. The van der Waals surface area contributed by atoms with Crippen LogP contribution in [0.15, 0.2) is 24.3 Å². The van der Waals surface area contributed by atoms with Crippen LogP contribution in [0.25, 0.3) is 0 Å². The lowest BCUT2D eigenvalue weighted by Gasteiger charge is -2.12. The lowest BCUT2D eigenvalue weighted by molar-refractivity contribution is 0.0465. The molecule has 88 valence electrons. The molecule has 1 aromatic carbocycles. The average molecular weight is 223 g/mol. The number of nitrogens with one attached hydrogen (secondary N) is 1. The molecule has 1 aliphatic heterocycles. The van der Waals surface area contributed by atoms with Crippen LogP contribution in [-0.4, -0.2) is 32.1 Å². The molecule has 1 aromatic rings. The first-order chi connectivity index (χ1) is 7.81. The summed E-state index contributed by atoms with van der Waals surface area (Å²) in [7, 11) is 1.82. The Kier molecular flexibility index (Phi) is 3.90. The number of aliphatic hydroxyl groups excluding tert-OH is 1. The van der Waals surface area contributed by atoms with Crippen molar-refractivity contribution in [3.05, 3.63) is 35.4 Å². The molecule has 1 aliphatic rings. The highest BCUT2D eigenvalue weighted by Gasteiger charge is 2.18. The first kappa shape index (κ1) is 11.5. The van der Waals surface area contributed by atoms with Crippen molar-refractivity contribution in [3.8, 4) is 0 Å². The summed E-state index contributed by atoms with van der Waals surface area (Å²) in [5.41, 5.74) is 2.01. The zero-order valence-electron chi connectivity index (χ0n) is 9.35. The lowest BCUT2D eigenvalue weighted by Crippen LogP contribution is -2.16. The summed E-state index contributed by atoms with van der Waals surface area (Å²) in [4.78, 5) is 0. The maximum absolute atomic E-state index is 9.76. The molecule has 4 nitrogen and oxygen atoms in total. The van der Waals surface area contributed by atoms with Gasteiger partial charge < -0.3 is 19.9 Å². The van der Waals surface area contributed by atoms with Gasteiger partial charge in [-0.25, -0.2) is 0 Å². The summed E-state index contributed by atoms with van der Waals surface area (Å²) in [5, 5.41) is 12.7. The van der Waals surface area contributed by atoms with E-state index in [4.69, 9.17) is 9.47 Å². The highest BCUT2D eigenvalue weighted by molar-refractivity contribution is 5.26. The molecule has 16 heavy (non-hydrogen) atoms. The summed E-state index contributed by atoms with van der Waals surface area (Å²) in [6, 6.07) is 7.82. The average Bonchev–Trinajstić information content (AvgIpc) is 2.83. The second kappa shape index (κ2) is 5.41. The maximum Gasteiger partial charge on any atom is 0.147 e. The van der Waals surface area contributed by atoms with E-state index >= 15 is 0 Å². The van der Waals surface area contributed by atoms with Crippen molar-refractivity contribution >= 4 is 0 Å². The first-order valence-corrected chi connectivity index (χ1v) is 5.43. The van der Waals surface area contributed by atoms with E-state index in [9.17, 15) is 5.11 Å². The molecule has 0 aromatic heterocycles. The minimum absolute atomic E-state index is 0.0375. The molecule has 0 spiro atoms. The summed E-state index contributed by atoms with van der Waals surface area (Å²) >= 11 is 0. The topological polar surface area (TPSA) is 50.7 Å². The molecule has 2 rings (SSSR count). The third kappa shape index (κ3) is 2.59. The van der Waals surface area contributed by atoms with Crippen molar-refractivity contribution in [3.63, 3.8) is 0 Å². The minimum Gasteiger partial charge on any atom is -0.387 e. The Labute approximate surface area is 95.2 Å². The number of hydrogen-bond donors (Lipinski definition) is 2. The van der Waals surface area contributed by atoms with Gasteiger partial charge in [0.15, 0.2) is 0 Å². The Hall–Kier alpha value is -0.940. The zero-order chi connectivity index (χ0) is 11.4. The fourth-order valence-electron chi connectivity index (χ4n) is 1.77. The Morgan fingerprint density at radius 3 is 2.75 bits per heavy atom. The second-order valence-corrected chi connectivity index (χ2v) is 3.88. The van der Waals surface area contributed by atoms with E-state index < -0.39 is 6.10 Å². The molecule has 1 saturated heterocycles. The van der Waals surface area contributed by atoms with Crippen molar-refractivity contribution < 1.29 is 14.6 Å². The Morgan fingerprint density at radius 1 is 1.44 bits per heavy atom. The minimum atomic E-state index is -0.459. The van der Waals surface area contributed by atoms with Gasteiger partial charge in [0.05, 0.1) is 12.7 Å². The number of hydrogen-bond acceptors (Lipinski definition) is 4. The van der Waals surface area contributed by atoms with E-state index in [0.29, 0.717) is 19.9 Å². The fourth-order valence-corrected chi connectivity index (χ4v) is 1.77. The van der Waals surface area contributed by atoms with Gasteiger partial charge in [0.1, 0.15) is 12.9 Å². The molecule has 2 N–H and O–H groups in total. The maximum atomic E-state index is 9.76. The smallest absolute Gasteiger partial charge is 0.147 e. The normalized spacial score (nSPS) is 22.2. The Bertz CT molecular complexity index is 320. The molecule has 1 fully saturated rings. The Balaban J connectivity index is 2.03. The lowest BCUT2D eigenvalue weighted by atomic mass is 10.0. The monoisotopic (exact) mass is 223 g/mol. The van der Waals surface area contributed by atoms with Crippen molar-refractivity contribution in [1.29, 1.82) is 0 Å². The summed E-state index contributed by atoms with van der Waals surface area (Å²) in [6.45, 7) is 1.54. The van der Waals surface area contributed by atoms with Crippen molar-refractivity contribution in [2.75, 3.05) is 27.0 Å². The molecule has 0 aliphatic carbocycles. The van der Waals surface area contributed by atoms with Gasteiger partial charge in [0.25, 0.3) is 0 Å². The second-order valence-electron chi connectivity index (χ2n) is 3.88. The van der Waals surface area contributed by atoms with Gasteiger partial charge in [-0.2, -0.15) is 0 Å². The van der Waals surface area contributed by atoms with Crippen LogP contribution in [0.3, 0.4) is 0 Å². The molecule has 0 amide bonds. The van der Waals surface area contributed by atoms with Crippen molar-refractivity contribution in [2.45, 2.75) is 12.2 Å². The number of benzene rings is 1. The quantitative estimate of drug-likeness (QED) is 0.799. The van der Waals surface area contributed by atoms with Crippen LogP contribution in [0.5, 0.6) is 0 Å². The number of rotatable bonds is 4. The summed E-state index contributed by atoms with van der Waals surface area (Å²) in [6.07, 6.45) is -0.421. The van der Waals surface area contributed by atoms with Gasteiger partial charge in [0, 0.05) is 6.54 Å². The third-order valence-corrected chi connectivity index (χ3v) is 2.71. The SMILES string of the molecule is CNCC(O)c1ccc(C2COCO2)cc1. The predicted molar refractivity (Wildman–Crippen MR) is 60.0 cm³/mol. The zero-order valence-corrected chi connectivity index (χ0v) is 9.35. The molecular formula is C12H17NO3.